The van der Waals surface area contributed by atoms with E-state index < -0.39 is 29.2 Å². The number of carbonyl (C=O) groups excluding carboxylic acids is 4. The van der Waals surface area contributed by atoms with Crippen molar-refractivity contribution in [3.05, 3.63) is 35.9 Å². The number of benzene rings is 1. The van der Waals surface area contributed by atoms with Gasteiger partial charge >= 0.3 is 5.97 Å². The Morgan fingerprint density at radius 3 is 2.52 bits per heavy atom. The van der Waals surface area contributed by atoms with Crippen molar-refractivity contribution in [3.8, 4) is 0 Å². The Labute approximate surface area is 265 Å². The van der Waals surface area contributed by atoms with E-state index in [0.717, 1.165) is 17.7 Å². The third kappa shape index (κ3) is 8.59. The average molecular weight is 630 g/mol. The number of methoxy groups -OCH3 is 1. The predicted molar refractivity (Wildman–Crippen MR) is 169 cm³/mol. The van der Waals surface area contributed by atoms with Crippen molar-refractivity contribution in [2.75, 3.05) is 24.8 Å². The molecule has 0 unspecified atom stereocenters. The highest BCUT2D eigenvalue weighted by molar-refractivity contribution is 8.00. The number of nitrogens with one attached hydrogen (secondary N) is 1. The van der Waals surface area contributed by atoms with Gasteiger partial charge in [0.1, 0.15) is 35.6 Å². The van der Waals surface area contributed by atoms with Crippen LogP contribution in [0.25, 0.3) is 0 Å². The number of esters is 1. The van der Waals surface area contributed by atoms with E-state index >= 15 is 0 Å². The largest absolute Gasteiger partial charge is 0.459 e. The van der Waals surface area contributed by atoms with Gasteiger partial charge < -0.3 is 24.3 Å². The van der Waals surface area contributed by atoms with Gasteiger partial charge in [0.05, 0.1) is 24.4 Å². The molecule has 6 atom stereocenters. The summed E-state index contributed by atoms with van der Waals surface area (Å²) >= 11 is 1.29. The number of thioether (sulfide) groups is 1. The highest BCUT2D eigenvalue weighted by Gasteiger charge is 2.72. The third-order valence-corrected chi connectivity index (χ3v) is 9.85. The topological polar surface area (TPSA) is 124 Å². The van der Waals surface area contributed by atoms with Crippen molar-refractivity contribution in [2.24, 2.45) is 11.3 Å². The van der Waals surface area contributed by atoms with Gasteiger partial charge in [-0.05, 0) is 58.2 Å². The fraction of sp³-hybridized carbons (Fsp3) is 0.647. The molecule has 44 heavy (non-hydrogen) atoms. The number of ether oxygens (including phenoxy) is 4. The molecule has 0 radical (unpaired) electrons. The fourth-order valence-electron chi connectivity index (χ4n) is 6.15. The highest BCUT2D eigenvalue weighted by Crippen LogP contribution is 2.59. The first kappa shape index (κ1) is 34.3. The van der Waals surface area contributed by atoms with Crippen LogP contribution in [0.4, 0.5) is 5.69 Å². The van der Waals surface area contributed by atoms with E-state index in [0.29, 0.717) is 18.7 Å². The van der Waals surface area contributed by atoms with E-state index in [-0.39, 0.29) is 60.1 Å². The molecular weight excluding hydrogens is 582 g/mol. The van der Waals surface area contributed by atoms with Gasteiger partial charge in [-0.1, -0.05) is 38.5 Å². The number of carbonyl (C=O) groups is 4. The lowest BCUT2D eigenvalue weighted by molar-refractivity contribution is -0.172. The summed E-state index contributed by atoms with van der Waals surface area (Å²) in [6.45, 7) is 12.4. The lowest BCUT2D eigenvalue weighted by Crippen LogP contribution is -2.55. The number of anilines is 1. The normalized spacial score (nSPS) is 29.1. The van der Waals surface area contributed by atoms with Crippen molar-refractivity contribution in [1.82, 2.24) is 0 Å². The van der Waals surface area contributed by atoms with E-state index in [4.69, 9.17) is 18.9 Å². The molecule has 1 aliphatic carbocycles. The third-order valence-electron chi connectivity index (χ3n) is 8.79. The first-order valence-corrected chi connectivity index (χ1v) is 16.4. The fourth-order valence-corrected chi connectivity index (χ4v) is 6.96. The second-order valence-corrected chi connectivity index (χ2v) is 14.7. The summed E-state index contributed by atoms with van der Waals surface area (Å²) in [4.78, 5) is 50.8. The van der Waals surface area contributed by atoms with Gasteiger partial charge in [-0.3, -0.25) is 19.2 Å². The molecule has 0 bridgehead atoms. The van der Waals surface area contributed by atoms with Gasteiger partial charge in [0.15, 0.2) is 5.78 Å². The van der Waals surface area contributed by atoms with E-state index in [2.05, 4.69) is 32.2 Å². The van der Waals surface area contributed by atoms with E-state index in [9.17, 15) is 19.2 Å². The quantitative estimate of drug-likeness (QED) is 0.0909. The molecule has 10 heteroatoms. The maximum atomic E-state index is 12.9. The smallest absolute Gasteiger partial charge is 0.313 e. The van der Waals surface area contributed by atoms with Crippen molar-refractivity contribution >= 4 is 40.9 Å². The molecular formula is C34H47NO8S. The summed E-state index contributed by atoms with van der Waals surface area (Å²) in [5.74, 6) is -1.03. The summed E-state index contributed by atoms with van der Waals surface area (Å²) in [5, 5.41) is 2.81. The summed E-state index contributed by atoms with van der Waals surface area (Å²) in [7, 11) is 1.63. The first-order chi connectivity index (χ1) is 20.7. The zero-order chi connectivity index (χ0) is 32.3. The number of Topliss-reactive ketones (excluding diaryl/α,β-unsaturated/α-hetero) is 2. The summed E-state index contributed by atoms with van der Waals surface area (Å²) in [6.07, 6.45) is 3.45. The molecule has 1 aromatic carbocycles. The number of rotatable bonds is 14. The van der Waals surface area contributed by atoms with E-state index in [1.807, 2.05) is 26.8 Å². The maximum Gasteiger partial charge on any atom is 0.313 e. The van der Waals surface area contributed by atoms with Crippen LogP contribution in [-0.4, -0.2) is 72.4 Å². The molecule has 2 heterocycles. The second-order valence-electron chi connectivity index (χ2n) is 13.7. The Morgan fingerprint density at radius 2 is 1.89 bits per heavy atom. The molecule has 3 fully saturated rings. The molecule has 2 aliphatic heterocycles. The van der Waals surface area contributed by atoms with Gasteiger partial charge in [-0.15, -0.1) is 11.8 Å². The van der Waals surface area contributed by atoms with Crippen LogP contribution in [0, 0.1) is 11.3 Å². The molecule has 1 aromatic rings. The standard InChI is InChI=1S/C34H47NO8S/c1-21(2)11-13-27-33(6,43-27)31-30(40-7)25(15-16-34(31)20-41-34)42-29(39)18-23(36)19-44-24-10-8-9-22(17-24)35-28(38)14-12-26(37)32(3,4)5/h8-11,17,25,27,30-31H,12-16,18-20H2,1-7H3,(H,35,38)/t25-,27-,30-,31-,33-,34+/m1/s1. The summed E-state index contributed by atoms with van der Waals surface area (Å²) < 4.78 is 24.0. The van der Waals surface area contributed by atoms with Gasteiger partial charge in [-0.2, -0.15) is 0 Å². The molecule has 1 amide bonds. The van der Waals surface area contributed by atoms with Crippen LogP contribution in [0.15, 0.2) is 40.8 Å². The molecule has 9 nitrogen and oxygen atoms in total. The van der Waals surface area contributed by atoms with Crippen molar-refractivity contribution < 1.29 is 38.1 Å². The lowest BCUT2D eigenvalue weighted by Gasteiger charge is -2.42. The molecule has 0 aromatic heterocycles. The van der Waals surface area contributed by atoms with Crippen molar-refractivity contribution in [3.63, 3.8) is 0 Å². The Bertz CT molecular complexity index is 1280. The second kappa shape index (κ2) is 13.8. The zero-order valence-electron chi connectivity index (χ0n) is 27.0. The molecule has 4 rings (SSSR count). The Morgan fingerprint density at radius 1 is 1.16 bits per heavy atom. The molecule has 2 saturated heterocycles. The monoisotopic (exact) mass is 629 g/mol. The van der Waals surface area contributed by atoms with Crippen LogP contribution in [0.1, 0.15) is 80.1 Å². The number of hydrogen-bond donors (Lipinski definition) is 1. The minimum absolute atomic E-state index is 0.0332. The summed E-state index contributed by atoms with van der Waals surface area (Å²) in [6, 6.07) is 7.14. The maximum absolute atomic E-state index is 12.9. The molecule has 242 valence electrons. The molecule has 1 N–H and O–H groups in total. The first-order valence-electron chi connectivity index (χ1n) is 15.4. The molecule has 1 saturated carbocycles. The predicted octanol–water partition coefficient (Wildman–Crippen LogP) is 5.69. The minimum Gasteiger partial charge on any atom is -0.459 e. The number of ketones is 2. The highest BCUT2D eigenvalue weighted by atomic mass is 32.2. The van der Waals surface area contributed by atoms with Gasteiger partial charge in [-0.25, -0.2) is 0 Å². The number of epoxide rings is 2. The van der Waals surface area contributed by atoms with E-state index in [1.54, 1.807) is 25.3 Å². The summed E-state index contributed by atoms with van der Waals surface area (Å²) in [5.41, 5.74) is 0.595. The van der Waals surface area contributed by atoms with E-state index in [1.165, 1.54) is 17.3 Å². The van der Waals surface area contributed by atoms with Gasteiger partial charge in [0, 0.05) is 35.9 Å². The lowest BCUT2D eigenvalue weighted by atomic mass is 9.68. The van der Waals surface area contributed by atoms with Gasteiger partial charge in [0.25, 0.3) is 0 Å². The Hall–Kier alpha value is -2.53. The van der Waals surface area contributed by atoms with Gasteiger partial charge in [0.2, 0.25) is 5.91 Å². The van der Waals surface area contributed by atoms with Crippen molar-refractivity contribution in [1.29, 1.82) is 0 Å². The van der Waals surface area contributed by atoms with Crippen LogP contribution in [0.5, 0.6) is 0 Å². The minimum atomic E-state index is -0.567. The van der Waals surface area contributed by atoms with Crippen LogP contribution >= 0.6 is 11.8 Å². The Kier molecular flexibility index (Phi) is 10.8. The molecule has 3 aliphatic rings. The van der Waals surface area contributed by atoms with Crippen LogP contribution in [0.2, 0.25) is 0 Å². The molecule has 1 spiro atoms. The SMILES string of the molecule is CO[C@@H]1[C@H](OC(=O)CC(=O)CSc2cccc(NC(=O)CCC(=O)C(C)(C)C)c2)CC[C@]2(CO2)[C@H]1[C@]1(C)O[C@@H]1CC=C(C)C. The van der Waals surface area contributed by atoms with Crippen LogP contribution < -0.4 is 5.32 Å². The van der Waals surface area contributed by atoms with Crippen LogP contribution in [0.3, 0.4) is 0 Å². The van der Waals surface area contributed by atoms with Crippen LogP contribution in [-0.2, 0) is 38.1 Å². The number of allylic oxidation sites excluding steroid dienone is 1. The zero-order valence-corrected chi connectivity index (χ0v) is 27.8. The average Bonchev–Trinajstić information content (AvgIpc) is 3.86. The number of hydrogen-bond acceptors (Lipinski definition) is 9. The van der Waals surface area contributed by atoms with Crippen molar-refractivity contribution in [2.45, 2.75) is 114 Å². The number of amides is 1. The Balaban J connectivity index is 1.26.